The third-order valence-electron chi connectivity index (χ3n) is 4.13. The van der Waals surface area contributed by atoms with Gasteiger partial charge in [0, 0.05) is 23.3 Å². The summed E-state index contributed by atoms with van der Waals surface area (Å²) in [6.07, 6.45) is 3.38. The van der Waals surface area contributed by atoms with E-state index in [1.54, 1.807) is 48.8 Å². The predicted molar refractivity (Wildman–Crippen MR) is 110 cm³/mol. The highest BCUT2D eigenvalue weighted by molar-refractivity contribution is 7.98. The number of aromatic nitrogens is 2. The summed E-state index contributed by atoms with van der Waals surface area (Å²) < 4.78 is 7.15. The normalized spacial score (nSPS) is 11.1. The number of carbonyl (C=O) groups excluding carboxylic acids is 1. The van der Waals surface area contributed by atoms with Gasteiger partial charge < -0.3 is 4.74 Å². The number of carbonyl (C=O) groups is 1. The molecule has 138 valence electrons. The molecule has 0 radical (unpaired) electrons. The Kier molecular flexibility index (Phi) is 6.14. The number of allylic oxidation sites excluding steroid dienone is 1. The standard InChI is InChI=1S/C22H22N2O2S/c1-16-13-20(24(2)23-16)21(25)12-10-17-9-11-18(22(14-17)26-3)15-27-19-7-5-4-6-8-19/h4-14H,15H2,1-3H3/b12-10+. The van der Waals surface area contributed by atoms with Crippen molar-refractivity contribution < 1.29 is 9.53 Å². The van der Waals surface area contributed by atoms with Gasteiger partial charge in [0.25, 0.3) is 0 Å². The molecule has 0 saturated carbocycles. The molecular formula is C22H22N2O2S. The smallest absolute Gasteiger partial charge is 0.203 e. The Morgan fingerprint density at radius 1 is 1.19 bits per heavy atom. The van der Waals surface area contributed by atoms with Crippen LogP contribution in [0.5, 0.6) is 5.75 Å². The summed E-state index contributed by atoms with van der Waals surface area (Å²) in [5, 5.41) is 4.21. The molecule has 5 heteroatoms. The van der Waals surface area contributed by atoms with Crippen LogP contribution in [-0.2, 0) is 12.8 Å². The molecule has 3 aromatic rings. The molecule has 0 aliphatic rings. The van der Waals surface area contributed by atoms with Crippen LogP contribution in [0.2, 0.25) is 0 Å². The van der Waals surface area contributed by atoms with Gasteiger partial charge in [0.2, 0.25) is 5.78 Å². The zero-order chi connectivity index (χ0) is 19.2. The molecule has 2 aromatic carbocycles. The van der Waals surface area contributed by atoms with Crippen LogP contribution in [0.15, 0.2) is 65.6 Å². The molecule has 1 aromatic heterocycles. The molecule has 0 fully saturated rings. The maximum absolute atomic E-state index is 12.4. The van der Waals surface area contributed by atoms with Gasteiger partial charge in [-0.2, -0.15) is 5.10 Å². The van der Waals surface area contributed by atoms with Crippen LogP contribution in [0.1, 0.15) is 27.3 Å². The van der Waals surface area contributed by atoms with Gasteiger partial charge in [0.1, 0.15) is 11.4 Å². The average Bonchev–Trinajstić information content (AvgIpc) is 3.03. The van der Waals surface area contributed by atoms with Gasteiger partial charge in [0.15, 0.2) is 0 Å². The monoisotopic (exact) mass is 378 g/mol. The number of ketones is 1. The van der Waals surface area contributed by atoms with Crippen LogP contribution in [0, 0.1) is 6.92 Å². The lowest BCUT2D eigenvalue weighted by molar-refractivity contribution is 0.103. The van der Waals surface area contributed by atoms with E-state index < -0.39 is 0 Å². The molecule has 0 bridgehead atoms. The zero-order valence-corrected chi connectivity index (χ0v) is 16.5. The Labute approximate surface area is 163 Å². The first kappa shape index (κ1) is 19.0. The summed E-state index contributed by atoms with van der Waals surface area (Å²) >= 11 is 1.77. The van der Waals surface area contributed by atoms with Crippen molar-refractivity contribution in [2.75, 3.05) is 7.11 Å². The molecule has 0 unspecified atom stereocenters. The summed E-state index contributed by atoms with van der Waals surface area (Å²) in [6.45, 7) is 1.87. The zero-order valence-electron chi connectivity index (χ0n) is 15.7. The van der Waals surface area contributed by atoms with Gasteiger partial charge in [-0.25, -0.2) is 0 Å². The van der Waals surface area contributed by atoms with Crippen molar-refractivity contribution in [2.24, 2.45) is 7.05 Å². The van der Waals surface area contributed by atoms with Gasteiger partial charge in [-0.15, -0.1) is 11.8 Å². The minimum Gasteiger partial charge on any atom is -0.496 e. The maximum atomic E-state index is 12.4. The second-order valence-corrected chi connectivity index (χ2v) is 7.21. The van der Waals surface area contributed by atoms with Crippen LogP contribution in [0.3, 0.4) is 0 Å². The summed E-state index contributed by atoms with van der Waals surface area (Å²) in [5.74, 6) is 1.58. The van der Waals surface area contributed by atoms with E-state index in [4.69, 9.17) is 4.74 Å². The SMILES string of the molecule is COc1cc(/C=C/C(=O)c2cc(C)nn2C)ccc1CSc1ccccc1. The number of hydrogen-bond acceptors (Lipinski definition) is 4. The summed E-state index contributed by atoms with van der Waals surface area (Å²) in [7, 11) is 3.44. The number of hydrogen-bond donors (Lipinski definition) is 0. The van der Waals surface area contributed by atoms with E-state index in [-0.39, 0.29) is 5.78 Å². The molecule has 0 spiro atoms. The summed E-state index contributed by atoms with van der Waals surface area (Å²) in [6, 6.07) is 18.1. The summed E-state index contributed by atoms with van der Waals surface area (Å²) in [5.41, 5.74) is 3.45. The predicted octanol–water partition coefficient (Wildman–Crippen LogP) is 4.93. The van der Waals surface area contributed by atoms with Crippen LogP contribution >= 0.6 is 11.8 Å². The second kappa shape index (κ2) is 8.73. The molecular weight excluding hydrogens is 356 g/mol. The Morgan fingerprint density at radius 3 is 2.63 bits per heavy atom. The molecule has 0 atom stereocenters. The largest absolute Gasteiger partial charge is 0.496 e. The summed E-state index contributed by atoms with van der Waals surface area (Å²) in [4.78, 5) is 13.6. The van der Waals surface area contributed by atoms with Crippen molar-refractivity contribution in [3.05, 3.63) is 83.2 Å². The van der Waals surface area contributed by atoms with E-state index in [0.717, 1.165) is 28.3 Å². The number of aryl methyl sites for hydroxylation is 2. The number of methoxy groups -OCH3 is 1. The Balaban J connectivity index is 1.71. The average molecular weight is 378 g/mol. The van der Waals surface area contributed by atoms with Crippen molar-refractivity contribution in [1.29, 1.82) is 0 Å². The lowest BCUT2D eigenvalue weighted by atomic mass is 10.1. The quantitative estimate of drug-likeness (QED) is 0.332. The molecule has 0 saturated heterocycles. The molecule has 0 amide bonds. The first-order chi connectivity index (χ1) is 13.1. The minimum atomic E-state index is -0.0687. The van der Waals surface area contributed by atoms with Crippen molar-refractivity contribution in [2.45, 2.75) is 17.6 Å². The Bertz CT molecular complexity index is 962. The van der Waals surface area contributed by atoms with E-state index >= 15 is 0 Å². The number of thioether (sulfide) groups is 1. The van der Waals surface area contributed by atoms with Gasteiger partial charge in [-0.1, -0.05) is 36.4 Å². The first-order valence-electron chi connectivity index (χ1n) is 8.64. The number of benzene rings is 2. The minimum absolute atomic E-state index is 0.0687. The second-order valence-electron chi connectivity index (χ2n) is 6.17. The fraction of sp³-hybridized carbons (Fsp3) is 0.182. The van der Waals surface area contributed by atoms with Crippen molar-refractivity contribution >= 4 is 23.6 Å². The first-order valence-corrected chi connectivity index (χ1v) is 9.63. The molecule has 0 N–H and O–H groups in total. The van der Waals surface area contributed by atoms with E-state index in [0.29, 0.717) is 5.69 Å². The van der Waals surface area contributed by atoms with Crippen molar-refractivity contribution in [1.82, 2.24) is 9.78 Å². The maximum Gasteiger partial charge on any atom is 0.203 e. The van der Waals surface area contributed by atoms with Gasteiger partial charge in [-0.3, -0.25) is 9.48 Å². The Hall–Kier alpha value is -2.79. The molecule has 1 heterocycles. The van der Waals surface area contributed by atoms with Crippen molar-refractivity contribution in [3.8, 4) is 5.75 Å². The highest BCUT2D eigenvalue weighted by atomic mass is 32.2. The lowest BCUT2D eigenvalue weighted by Crippen LogP contribution is -2.03. The van der Waals surface area contributed by atoms with Crippen LogP contribution in [0.4, 0.5) is 0 Å². The van der Waals surface area contributed by atoms with Gasteiger partial charge in [-0.05, 0) is 42.8 Å². The number of nitrogens with zero attached hydrogens (tertiary/aromatic N) is 2. The Morgan fingerprint density at radius 2 is 1.96 bits per heavy atom. The molecule has 0 aliphatic carbocycles. The van der Waals surface area contributed by atoms with E-state index in [1.807, 2.05) is 43.3 Å². The van der Waals surface area contributed by atoms with Gasteiger partial charge >= 0.3 is 0 Å². The molecule has 27 heavy (non-hydrogen) atoms. The molecule has 4 nitrogen and oxygen atoms in total. The molecule has 3 rings (SSSR count). The van der Waals surface area contributed by atoms with Gasteiger partial charge in [0.05, 0.1) is 12.8 Å². The molecule has 0 aliphatic heterocycles. The fourth-order valence-electron chi connectivity index (χ4n) is 2.76. The van der Waals surface area contributed by atoms with E-state index in [9.17, 15) is 4.79 Å². The lowest BCUT2D eigenvalue weighted by Gasteiger charge is -2.09. The third kappa shape index (κ3) is 4.89. The van der Waals surface area contributed by atoms with Crippen LogP contribution in [0.25, 0.3) is 6.08 Å². The van der Waals surface area contributed by atoms with E-state index in [2.05, 4.69) is 17.2 Å². The highest BCUT2D eigenvalue weighted by Crippen LogP contribution is 2.29. The number of ether oxygens (including phenoxy) is 1. The number of rotatable bonds is 7. The third-order valence-corrected chi connectivity index (χ3v) is 5.19. The van der Waals surface area contributed by atoms with Crippen LogP contribution in [-0.4, -0.2) is 22.7 Å². The van der Waals surface area contributed by atoms with Crippen LogP contribution < -0.4 is 4.74 Å². The van der Waals surface area contributed by atoms with E-state index in [1.165, 1.54) is 4.90 Å². The highest BCUT2D eigenvalue weighted by Gasteiger charge is 2.09. The topological polar surface area (TPSA) is 44.1 Å². The van der Waals surface area contributed by atoms with Crippen molar-refractivity contribution in [3.63, 3.8) is 0 Å². The fourth-order valence-corrected chi connectivity index (χ4v) is 3.67.